The van der Waals surface area contributed by atoms with Crippen molar-refractivity contribution in [2.24, 2.45) is 0 Å². The van der Waals surface area contributed by atoms with E-state index in [1.165, 1.54) is 6.20 Å². The van der Waals surface area contributed by atoms with Crippen molar-refractivity contribution in [1.82, 2.24) is 4.98 Å². The summed E-state index contributed by atoms with van der Waals surface area (Å²) in [5, 5.41) is 11.7. The van der Waals surface area contributed by atoms with Crippen LogP contribution < -0.4 is 5.32 Å². The normalized spacial score (nSPS) is 10.2. The summed E-state index contributed by atoms with van der Waals surface area (Å²) in [6.45, 7) is 1.64. The Hall–Kier alpha value is -2.08. The number of benzene rings is 1. The van der Waals surface area contributed by atoms with E-state index in [0.717, 1.165) is 0 Å². The number of nitrogens with one attached hydrogen (secondary N) is 2. The molecule has 1 amide bonds. The minimum absolute atomic E-state index is 0.0698. The van der Waals surface area contributed by atoms with Gasteiger partial charge in [0.25, 0.3) is 5.91 Å². The van der Waals surface area contributed by atoms with E-state index in [1.54, 1.807) is 31.2 Å². The van der Waals surface area contributed by atoms with E-state index in [4.69, 9.17) is 5.11 Å². The number of carbonyl (C=O) groups excluding carboxylic acids is 1. The zero-order chi connectivity index (χ0) is 14.0. The molecule has 0 unspecified atom stereocenters. The summed E-state index contributed by atoms with van der Waals surface area (Å²) in [4.78, 5) is 26.0. The first-order valence-electron chi connectivity index (χ1n) is 5.48. The average Bonchev–Trinajstić information content (AvgIpc) is 2.70. The molecular weight excluding hydrogens is 312 g/mol. The molecule has 0 fully saturated rings. The molecule has 1 aromatic heterocycles. The first kappa shape index (κ1) is 13.4. The molecule has 3 N–H and O–H groups in total. The fourth-order valence-corrected chi connectivity index (χ4v) is 2.20. The SMILES string of the molecule is Cc1[nH]cc(NC(=O)c2ccccc2Br)c1C(=O)O. The second kappa shape index (κ2) is 5.27. The summed E-state index contributed by atoms with van der Waals surface area (Å²) in [6.07, 6.45) is 1.47. The standard InChI is InChI=1S/C13H11BrN2O3/c1-7-11(13(18)19)10(6-15-7)16-12(17)8-4-2-3-5-9(8)14/h2-6,15H,1H3,(H,16,17)(H,18,19). The van der Waals surface area contributed by atoms with Gasteiger partial charge >= 0.3 is 5.97 Å². The third kappa shape index (κ3) is 2.68. The highest BCUT2D eigenvalue weighted by Crippen LogP contribution is 2.22. The van der Waals surface area contributed by atoms with Crippen molar-refractivity contribution in [3.63, 3.8) is 0 Å². The molecule has 0 bridgehead atoms. The molecule has 0 aliphatic heterocycles. The van der Waals surface area contributed by atoms with Crippen molar-refractivity contribution in [2.75, 3.05) is 5.32 Å². The Bertz CT molecular complexity index is 649. The smallest absolute Gasteiger partial charge is 0.339 e. The van der Waals surface area contributed by atoms with E-state index in [0.29, 0.717) is 15.7 Å². The van der Waals surface area contributed by atoms with Gasteiger partial charge in [0, 0.05) is 16.4 Å². The van der Waals surface area contributed by atoms with Crippen molar-refractivity contribution < 1.29 is 14.7 Å². The molecule has 0 aliphatic rings. The lowest BCUT2D eigenvalue weighted by Gasteiger charge is -2.06. The first-order chi connectivity index (χ1) is 9.00. The van der Waals surface area contributed by atoms with Crippen LogP contribution in [0, 0.1) is 6.92 Å². The van der Waals surface area contributed by atoms with Crippen molar-refractivity contribution in [2.45, 2.75) is 6.92 Å². The Balaban J connectivity index is 2.30. The van der Waals surface area contributed by atoms with Gasteiger partial charge in [0.15, 0.2) is 0 Å². The van der Waals surface area contributed by atoms with Crippen LogP contribution in [-0.2, 0) is 0 Å². The summed E-state index contributed by atoms with van der Waals surface area (Å²) in [7, 11) is 0. The maximum atomic E-state index is 12.1. The monoisotopic (exact) mass is 322 g/mol. The van der Waals surface area contributed by atoms with Gasteiger partial charge in [-0.2, -0.15) is 0 Å². The van der Waals surface area contributed by atoms with Crippen LogP contribution in [0.4, 0.5) is 5.69 Å². The molecular formula is C13H11BrN2O3. The predicted octanol–water partition coefficient (Wildman–Crippen LogP) is 3.04. The minimum Gasteiger partial charge on any atom is -0.478 e. The molecule has 0 atom stereocenters. The van der Waals surface area contributed by atoms with E-state index in [2.05, 4.69) is 26.2 Å². The molecule has 5 nitrogen and oxygen atoms in total. The van der Waals surface area contributed by atoms with Crippen LogP contribution in [0.3, 0.4) is 0 Å². The van der Waals surface area contributed by atoms with E-state index >= 15 is 0 Å². The van der Waals surface area contributed by atoms with Gasteiger partial charge in [-0.1, -0.05) is 12.1 Å². The molecule has 1 heterocycles. The molecule has 0 saturated carbocycles. The molecule has 19 heavy (non-hydrogen) atoms. The van der Waals surface area contributed by atoms with Crippen LogP contribution in [-0.4, -0.2) is 22.0 Å². The number of halogens is 1. The third-order valence-corrected chi connectivity index (χ3v) is 3.35. The number of rotatable bonds is 3. The number of aryl methyl sites for hydroxylation is 1. The zero-order valence-corrected chi connectivity index (χ0v) is 11.6. The van der Waals surface area contributed by atoms with Crippen LogP contribution in [0.5, 0.6) is 0 Å². The predicted molar refractivity (Wildman–Crippen MR) is 74.6 cm³/mol. The number of carboxylic acids is 1. The second-order valence-electron chi connectivity index (χ2n) is 3.94. The number of aromatic amines is 1. The van der Waals surface area contributed by atoms with Gasteiger partial charge in [-0.15, -0.1) is 0 Å². The Kier molecular flexibility index (Phi) is 3.71. The molecule has 98 valence electrons. The van der Waals surface area contributed by atoms with Crippen LogP contribution in [0.1, 0.15) is 26.4 Å². The fourth-order valence-electron chi connectivity index (χ4n) is 1.74. The van der Waals surface area contributed by atoms with Gasteiger partial charge in [0.05, 0.1) is 11.3 Å². The van der Waals surface area contributed by atoms with E-state index in [9.17, 15) is 9.59 Å². The van der Waals surface area contributed by atoms with Crippen molar-refractivity contribution in [1.29, 1.82) is 0 Å². The van der Waals surface area contributed by atoms with Gasteiger partial charge in [-0.25, -0.2) is 4.79 Å². The zero-order valence-electron chi connectivity index (χ0n) is 10.0. The fraction of sp³-hybridized carbons (Fsp3) is 0.0769. The van der Waals surface area contributed by atoms with E-state index in [1.807, 2.05) is 0 Å². The Labute approximate surface area is 117 Å². The number of aromatic nitrogens is 1. The Morgan fingerprint density at radius 2 is 2.00 bits per heavy atom. The summed E-state index contributed by atoms with van der Waals surface area (Å²) in [5.74, 6) is -1.45. The number of anilines is 1. The van der Waals surface area contributed by atoms with Crippen molar-refractivity contribution in [3.05, 3.63) is 51.8 Å². The number of aromatic carboxylic acids is 1. The lowest BCUT2D eigenvalue weighted by molar-refractivity contribution is 0.0697. The average molecular weight is 323 g/mol. The second-order valence-corrected chi connectivity index (χ2v) is 4.80. The highest BCUT2D eigenvalue weighted by Gasteiger charge is 2.18. The van der Waals surface area contributed by atoms with Gasteiger partial charge in [-0.05, 0) is 35.0 Å². The van der Waals surface area contributed by atoms with Crippen LogP contribution in [0.25, 0.3) is 0 Å². The molecule has 1 aromatic carbocycles. The molecule has 0 spiro atoms. The number of amides is 1. The summed E-state index contributed by atoms with van der Waals surface area (Å²) in [6, 6.07) is 6.93. The Morgan fingerprint density at radius 3 is 2.63 bits per heavy atom. The van der Waals surface area contributed by atoms with E-state index < -0.39 is 5.97 Å². The summed E-state index contributed by atoms with van der Waals surface area (Å²) < 4.78 is 0.650. The number of hydrogen-bond donors (Lipinski definition) is 3. The number of carbonyl (C=O) groups is 2. The third-order valence-electron chi connectivity index (χ3n) is 2.66. The van der Waals surface area contributed by atoms with Gasteiger partial charge in [0.1, 0.15) is 5.56 Å². The van der Waals surface area contributed by atoms with Crippen LogP contribution in [0.2, 0.25) is 0 Å². The minimum atomic E-state index is -1.08. The molecule has 2 rings (SSSR count). The number of carboxylic acid groups (broad SMARTS) is 1. The largest absolute Gasteiger partial charge is 0.478 e. The van der Waals surface area contributed by atoms with Crippen molar-refractivity contribution >= 4 is 33.5 Å². The highest BCUT2D eigenvalue weighted by molar-refractivity contribution is 9.10. The van der Waals surface area contributed by atoms with Gasteiger partial charge in [-0.3, -0.25) is 4.79 Å². The van der Waals surface area contributed by atoms with Crippen molar-refractivity contribution in [3.8, 4) is 0 Å². The molecule has 2 aromatic rings. The lowest BCUT2D eigenvalue weighted by atomic mass is 10.2. The number of H-pyrrole nitrogens is 1. The quantitative estimate of drug-likeness (QED) is 0.812. The molecule has 0 saturated heterocycles. The topological polar surface area (TPSA) is 82.2 Å². The summed E-state index contributed by atoms with van der Waals surface area (Å²) in [5.41, 5.74) is 1.26. The molecule has 6 heteroatoms. The van der Waals surface area contributed by atoms with Crippen LogP contribution in [0.15, 0.2) is 34.9 Å². The molecule has 0 aliphatic carbocycles. The van der Waals surface area contributed by atoms with Gasteiger partial charge in [0.2, 0.25) is 0 Å². The summed E-state index contributed by atoms with van der Waals surface area (Å²) >= 11 is 3.28. The van der Waals surface area contributed by atoms with Crippen LogP contribution >= 0.6 is 15.9 Å². The maximum absolute atomic E-state index is 12.1. The van der Waals surface area contributed by atoms with E-state index in [-0.39, 0.29) is 17.2 Å². The lowest BCUT2D eigenvalue weighted by Crippen LogP contribution is -2.14. The Morgan fingerprint density at radius 1 is 1.32 bits per heavy atom. The molecule has 0 radical (unpaired) electrons. The number of hydrogen-bond acceptors (Lipinski definition) is 2. The van der Waals surface area contributed by atoms with Gasteiger partial charge < -0.3 is 15.4 Å². The first-order valence-corrected chi connectivity index (χ1v) is 6.27. The maximum Gasteiger partial charge on any atom is 0.339 e. The highest BCUT2D eigenvalue weighted by atomic mass is 79.9.